The molecule has 120 valence electrons. The van der Waals surface area contributed by atoms with Crippen LogP contribution in [0.15, 0.2) is 24.3 Å². The van der Waals surface area contributed by atoms with Gasteiger partial charge in [0, 0.05) is 6.92 Å². The summed E-state index contributed by atoms with van der Waals surface area (Å²) in [5.74, 6) is 1.21. The lowest BCUT2D eigenvalue weighted by atomic mass is 10.2. The van der Waals surface area contributed by atoms with Crippen LogP contribution in [-0.4, -0.2) is 43.6 Å². The van der Waals surface area contributed by atoms with Gasteiger partial charge in [-0.2, -0.15) is 0 Å². The van der Waals surface area contributed by atoms with Crippen molar-refractivity contribution in [3.05, 3.63) is 24.3 Å². The summed E-state index contributed by atoms with van der Waals surface area (Å²) < 4.78 is 10.5. The second-order valence-corrected chi connectivity index (χ2v) is 4.79. The first kappa shape index (κ1) is 16.4. The minimum Gasteiger partial charge on any atom is -0.475 e. The van der Waals surface area contributed by atoms with Gasteiger partial charge in [-0.3, -0.25) is 9.59 Å². The molecule has 0 spiro atoms. The molecule has 0 aliphatic carbocycles. The predicted molar refractivity (Wildman–Crippen MR) is 81.7 cm³/mol. The molecule has 23 heavy (non-hydrogen) atoms. The van der Waals surface area contributed by atoms with Gasteiger partial charge < -0.3 is 19.7 Å². The van der Waals surface area contributed by atoms with Gasteiger partial charge in [0.05, 0.1) is 18.8 Å². The van der Waals surface area contributed by atoms with Crippen LogP contribution in [0.1, 0.15) is 6.92 Å². The van der Waals surface area contributed by atoms with Crippen LogP contribution < -0.4 is 15.0 Å². The highest BCUT2D eigenvalue weighted by molar-refractivity contribution is 5.95. The fraction of sp³-hybridized carbons (Fsp3) is 0.312. The molecular weight excluding hydrogens is 300 g/mol. The van der Waals surface area contributed by atoms with Crippen molar-refractivity contribution in [2.45, 2.75) is 13.0 Å². The summed E-state index contributed by atoms with van der Waals surface area (Å²) in [5.41, 5.74) is 0.593. The van der Waals surface area contributed by atoms with E-state index in [1.165, 1.54) is 11.8 Å². The second kappa shape index (κ2) is 7.31. The van der Waals surface area contributed by atoms with Crippen LogP contribution in [0.25, 0.3) is 0 Å². The van der Waals surface area contributed by atoms with E-state index in [2.05, 4.69) is 11.2 Å². The van der Waals surface area contributed by atoms with E-state index in [0.717, 1.165) is 0 Å². The number of ether oxygens (including phenoxy) is 2. The number of terminal acetylenes is 1. The SMILES string of the molecule is C#CCNC(=O)COC(=O)[C@@H]1CN(C(C)=O)c2ccccc2O1. The molecule has 0 saturated heterocycles. The minimum absolute atomic E-state index is 0.0250. The van der Waals surface area contributed by atoms with Gasteiger partial charge in [-0.05, 0) is 12.1 Å². The second-order valence-electron chi connectivity index (χ2n) is 4.79. The van der Waals surface area contributed by atoms with Crippen LogP contribution >= 0.6 is 0 Å². The maximum absolute atomic E-state index is 12.0. The van der Waals surface area contributed by atoms with Crippen LogP contribution in [0.5, 0.6) is 5.75 Å². The van der Waals surface area contributed by atoms with Crippen LogP contribution in [0.4, 0.5) is 5.69 Å². The Bertz CT molecular complexity index is 665. The van der Waals surface area contributed by atoms with Crippen molar-refractivity contribution in [3.63, 3.8) is 0 Å². The molecule has 2 amide bonds. The van der Waals surface area contributed by atoms with Gasteiger partial charge in [0.15, 0.2) is 6.61 Å². The Kier molecular flexibility index (Phi) is 5.20. The number of para-hydroxylation sites is 2. The third-order valence-corrected chi connectivity index (χ3v) is 3.15. The molecule has 7 nitrogen and oxygen atoms in total. The Labute approximate surface area is 133 Å². The van der Waals surface area contributed by atoms with E-state index in [1.807, 2.05) is 0 Å². The number of amides is 2. The zero-order valence-corrected chi connectivity index (χ0v) is 12.6. The van der Waals surface area contributed by atoms with E-state index in [4.69, 9.17) is 15.9 Å². The lowest BCUT2D eigenvalue weighted by Gasteiger charge is -2.33. The van der Waals surface area contributed by atoms with E-state index in [-0.39, 0.29) is 19.0 Å². The number of fused-ring (bicyclic) bond motifs is 1. The Balaban J connectivity index is 2.01. The maximum Gasteiger partial charge on any atom is 0.349 e. The standard InChI is InChI=1S/C16H16N2O5/c1-3-8-17-15(20)10-22-16(21)14-9-18(11(2)19)12-6-4-5-7-13(12)23-14/h1,4-7,14H,8-10H2,2H3,(H,17,20)/t14-/m0/s1. The maximum atomic E-state index is 12.0. The van der Waals surface area contributed by atoms with Crippen LogP contribution in [0.2, 0.25) is 0 Å². The van der Waals surface area contributed by atoms with Crippen LogP contribution in [0.3, 0.4) is 0 Å². The summed E-state index contributed by atoms with van der Waals surface area (Å²) in [7, 11) is 0. The minimum atomic E-state index is -0.991. The number of hydrogen-bond acceptors (Lipinski definition) is 5. The summed E-state index contributed by atoms with van der Waals surface area (Å²) in [4.78, 5) is 36.6. The number of esters is 1. The Morgan fingerprint density at radius 3 is 2.87 bits per heavy atom. The van der Waals surface area contributed by atoms with Crippen LogP contribution in [-0.2, 0) is 19.1 Å². The summed E-state index contributed by atoms with van der Waals surface area (Å²) >= 11 is 0. The quantitative estimate of drug-likeness (QED) is 0.629. The van der Waals surface area contributed by atoms with Gasteiger partial charge in [-0.15, -0.1) is 6.42 Å². The summed E-state index contributed by atoms with van der Waals surface area (Å²) in [6.07, 6.45) is 4.02. The van der Waals surface area contributed by atoms with Crippen molar-refractivity contribution in [1.82, 2.24) is 5.32 Å². The molecule has 1 aromatic rings. The normalized spacial score (nSPS) is 15.7. The molecule has 1 aliphatic heterocycles. The first-order valence-electron chi connectivity index (χ1n) is 6.93. The third kappa shape index (κ3) is 4.01. The Morgan fingerprint density at radius 1 is 1.43 bits per heavy atom. The van der Waals surface area contributed by atoms with Gasteiger partial charge >= 0.3 is 5.97 Å². The average molecular weight is 316 g/mol. The summed E-state index contributed by atoms with van der Waals surface area (Å²) in [6.45, 7) is 1.03. The summed E-state index contributed by atoms with van der Waals surface area (Å²) in [6, 6.07) is 6.89. The van der Waals surface area contributed by atoms with Gasteiger partial charge in [-0.25, -0.2) is 4.79 Å². The number of hydrogen-bond donors (Lipinski definition) is 1. The number of nitrogens with zero attached hydrogens (tertiary/aromatic N) is 1. The van der Waals surface area contributed by atoms with E-state index in [1.54, 1.807) is 24.3 Å². The number of benzene rings is 1. The van der Waals surface area contributed by atoms with Gasteiger partial charge in [-0.1, -0.05) is 18.1 Å². The molecule has 0 radical (unpaired) electrons. The molecule has 1 atom stereocenters. The first-order valence-corrected chi connectivity index (χ1v) is 6.93. The molecule has 1 N–H and O–H groups in total. The molecule has 0 fully saturated rings. The van der Waals surface area contributed by atoms with Crippen molar-refractivity contribution in [2.75, 3.05) is 24.6 Å². The zero-order chi connectivity index (χ0) is 16.8. The molecular formula is C16H16N2O5. The molecule has 0 saturated carbocycles. The van der Waals surface area contributed by atoms with Gasteiger partial charge in [0.2, 0.25) is 12.0 Å². The van der Waals surface area contributed by atoms with Crippen molar-refractivity contribution in [2.24, 2.45) is 0 Å². The monoisotopic (exact) mass is 316 g/mol. The number of carbonyl (C=O) groups excluding carboxylic acids is 3. The fourth-order valence-corrected chi connectivity index (χ4v) is 2.09. The number of nitrogens with one attached hydrogen (secondary N) is 1. The molecule has 7 heteroatoms. The largest absolute Gasteiger partial charge is 0.475 e. The zero-order valence-electron chi connectivity index (χ0n) is 12.6. The van der Waals surface area contributed by atoms with E-state index < -0.39 is 24.6 Å². The fourth-order valence-electron chi connectivity index (χ4n) is 2.09. The number of anilines is 1. The summed E-state index contributed by atoms with van der Waals surface area (Å²) in [5, 5.41) is 2.38. The third-order valence-electron chi connectivity index (χ3n) is 3.15. The molecule has 2 rings (SSSR count). The van der Waals surface area contributed by atoms with Gasteiger partial charge in [0.25, 0.3) is 5.91 Å². The molecule has 1 aliphatic rings. The highest BCUT2D eigenvalue weighted by Gasteiger charge is 2.33. The van der Waals surface area contributed by atoms with Crippen molar-refractivity contribution >= 4 is 23.5 Å². The smallest absolute Gasteiger partial charge is 0.349 e. The molecule has 0 aromatic heterocycles. The van der Waals surface area contributed by atoms with E-state index >= 15 is 0 Å². The Morgan fingerprint density at radius 2 is 2.17 bits per heavy atom. The van der Waals surface area contributed by atoms with E-state index in [0.29, 0.717) is 11.4 Å². The lowest BCUT2D eigenvalue weighted by Crippen LogP contribution is -2.47. The van der Waals surface area contributed by atoms with Gasteiger partial charge in [0.1, 0.15) is 5.75 Å². The average Bonchev–Trinajstić information content (AvgIpc) is 2.56. The topological polar surface area (TPSA) is 84.9 Å². The molecule has 1 heterocycles. The van der Waals surface area contributed by atoms with Crippen molar-refractivity contribution in [1.29, 1.82) is 0 Å². The lowest BCUT2D eigenvalue weighted by molar-refractivity contribution is -0.155. The Hall–Kier alpha value is -3.01. The first-order chi connectivity index (χ1) is 11.0. The number of rotatable bonds is 4. The molecule has 1 aromatic carbocycles. The molecule has 0 bridgehead atoms. The molecule has 0 unspecified atom stereocenters. The van der Waals surface area contributed by atoms with Crippen molar-refractivity contribution < 1.29 is 23.9 Å². The van der Waals surface area contributed by atoms with E-state index in [9.17, 15) is 14.4 Å². The highest BCUT2D eigenvalue weighted by atomic mass is 16.6. The number of carbonyl (C=O) groups is 3. The highest BCUT2D eigenvalue weighted by Crippen LogP contribution is 2.33. The van der Waals surface area contributed by atoms with Crippen LogP contribution in [0, 0.1) is 12.3 Å². The predicted octanol–water partition coefficient (Wildman–Crippen LogP) is 0.0931. The van der Waals surface area contributed by atoms with Crippen molar-refractivity contribution in [3.8, 4) is 18.1 Å².